The molecule has 0 spiro atoms. The van der Waals surface area contributed by atoms with Crippen molar-refractivity contribution in [3.05, 3.63) is 23.3 Å². The van der Waals surface area contributed by atoms with E-state index in [1.807, 2.05) is 0 Å². The largest absolute Gasteiger partial charge is 0.399 e. The van der Waals surface area contributed by atoms with E-state index < -0.39 is 19.9 Å². The van der Waals surface area contributed by atoms with Crippen LogP contribution in [0.25, 0.3) is 0 Å². The smallest absolute Gasteiger partial charge is 0.243 e. The number of sulfone groups is 1. The molecule has 2 rings (SSSR count). The first-order valence-corrected chi connectivity index (χ1v) is 9.97. The summed E-state index contributed by atoms with van der Waals surface area (Å²) in [5.74, 6) is -0.0967. The average molecular weight is 332 g/mol. The number of sulfonamides is 1. The van der Waals surface area contributed by atoms with Crippen LogP contribution in [0, 0.1) is 13.8 Å². The van der Waals surface area contributed by atoms with Crippen LogP contribution in [0.15, 0.2) is 17.0 Å². The first kappa shape index (κ1) is 16.3. The van der Waals surface area contributed by atoms with Crippen LogP contribution >= 0.6 is 0 Å². The highest BCUT2D eigenvalue weighted by atomic mass is 32.2. The summed E-state index contributed by atoms with van der Waals surface area (Å²) >= 11 is 0. The Morgan fingerprint density at radius 3 is 2.48 bits per heavy atom. The van der Waals surface area contributed by atoms with Crippen molar-refractivity contribution < 1.29 is 16.8 Å². The van der Waals surface area contributed by atoms with Gasteiger partial charge in [-0.05, 0) is 43.5 Å². The van der Waals surface area contributed by atoms with Crippen LogP contribution in [0.5, 0.6) is 0 Å². The highest BCUT2D eigenvalue weighted by molar-refractivity contribution is 7.91. The van der Waals surface area contributed by atoms with Crippen LogP contribution in [0.3, 0.4) is 0 Å². The van der Waals surface area contributed by atoms with Crippen molar-refractivity contribution in [2.24, 2.45) is 0 Å². The van der Waals surface area contributed by atoms with Gasteiger partial charge in [-0.2, -0.15) is 4.31 Å². The summed E-state index contributed by atoms with van der Waals surface area (Å²) in [5.41, 5.74) is 7.59. The van der Waals surface area contributed by atoms with Crippen LogP contribution < -0.4 is 5.73 Å². The zero-order valence-electron chi connectivity index (χ0n) is 12.2. The van der Waals surface area contributed by atoms with Gasteiger partial charge in [0, 0.05) is 18.8 Å². The molecule has 21 heavy (non-hydrogen) atoms. The summed E-state index contributed by atoms with van der Waals surface area (Å²) in [6.07, 6.45) is 0.321. The second kappa shape index (κ2) is 5.58. The molecule has 6 nitrogen and oxygen atoms in total. The van der Waals surface area contributed by atoms with Gasteiger partial charge in [-0.15, -0.1) is 0 Å². The molecule has 0 aliphatic carbocycles. The topological polar surface area (TPSA) is 97.5 Å². The van der Waals surface area contributed by atoms with Gasteiger partial charge in [0.25, 0.3) is 0 Å². The third-order valence-corrected chi connectivity index (χ3v) is 7.51. The van der Waals surface area contributed by atoms with Crippen molar-refractivity contribution in [1.82, 2.24) is 4.31 Å². The van der Waals surface area contributed by atoms with Gasteiger partial charge < -0.3 is 5.73 Å². The number of anilines is 1. The molecule has 0 saturated carbocycles. The van der Waals surface area contributed by atoms with Crippen LogP contribution in [-0.4, -0.2) is 45.7 Å². The molecule has 0 amide bonds. The Kier molecular flexibility index (Phi) is 4.32. The van der Waals surface area contributed by atoms with Gasteiger partial charge in [-0.1, -0.05) is 0 Å². The summed E-state index contributed by atoms with van der Waals surface area (Å²) in [4.78, 5) is 0.166. The maximum absolute atomic E-state index is 12.8. The van der Waals surface area contributed by atoms with E-state index in [9.17, 15) is 16.8 Å². The highest BCUT2D eigenvalue weighted by Gasteiger charge is 2.30. The average Bonchev–Trinajstić information content (AvgIpc) is 2.55. The van der Waals surface area contributed by atoms with E-state index in [1.165, 1.54) is 10.4 Å². The number of nitrogen functional groups attached to an aromatic ring is 1. The van der Waals surface area contributed by atoms with Crippen molar-refractivity contribution in [1.29, 1.82) is 0 Å². The summed E-state index contributed by atoms with van der Waals surface area (Å²) in [6, 6.07) is 3.16. The van der Waals surface area contributed by atoms with Crippen LogP contribution in [-0.2, 0) is 19.9 Å². The lowest BCUT2D eigenvalue weighted by atomic mass is 10.1. The molecule has 1 aliphatic heterocycles. The van der Waals surface area contributed by atoms with Crippen molar-refractivity contribution >= 4 is 25.5 Å². The molecule has 1 aliphatic rings. The molecule has 1 saturated heterocycles. The number of hydrogen-bond acceptors (Lipinski definition) is 5. The number of hydrogen-bond donors (Lipinski definition) is 1. The Balaban J connectivity index is 2.43. The summed E-state index contributed by atoms with van der Waals surface area (Å²) < 4.78 is 50.0. The first-order valence-electron chi connectivity index (χ1n) is 6.71. The summed E-state index contributed by atoms with van der Waals surface area (Å²) in [6.45, 7) is 3.75. The van der Waals surface area contributed by atoms with Crippen molar-refractivity contribution in [3.8, 4) is 0 Å². The third kappa shape index (κ3) is 3.38. The van der Waals surface area contributed by atoms with Gasteiger partial charge in [0.15, 0.2) is 9.84 Å². The normalized spacial score (nSPS) is 20.1. The Morgan fingerprint density at radius 2 is 1.81 bits per heavy atom. The lowest BCUT2D eigenvalue weighted by Gasteiger charge is -2.21. The fourth-order valence-corrected chi connectivity index (χ4v) is 5.62. The van der Waals surface area contributed by atoms with E-state index in [0.717, 1.165) is 5.56 Å². The number of rotatable bonds is 2. The Hall–Kier alpha value is -1.12. The zero-order valence-corrected chi connectivity index (χ0v) is 13.8. The maximum atomic E-state index is 12.8. The quantitative estimate of drug-likeness (QED) is 0.804. The maximum Gasteiger partial charge on any atom is 0.243 e. The van der Waals surface area contributed by atoms with E-state index in [-0.39, 0.29) is 29.5 Å². The van der Waals surface area contributed by atoms with Crippen molar-refractivity contribution in [2.75, 3.05) is 30.3 Å². The fraction of sp³-hybridized carbons (Fsp3) is 0.538. The van der Waals surface area contributed by atoms with Crippen LogP contribution in [0.2, 0.25) is 0 Å². The van der Waals surface area contributed by atoms with Crippen molar-refractivity contribution in [2.45, 2.75) is 25.2 Å². The molecule has 1 aromatic carbocycles. The molecule has 0 bridgehead atoms. The Morgan fingerprint density at radius 1 is 1.14 bits per heavy atom. The molecular weight excluding hydrogens is 312 g/mol. The predicted octanol–water partition coefficient (Wildman–Crippen LogP) is 0.695. The summed E-state index contributed by atoms with van der Waals surface area (Å²) in [7, 11) is -6.87. The highest BCUT2D eigenvalue weighted by Crippen LogP contribution is 2.26. The number of nitrogens with two attached hydrogens (primary N) is 1. The zero-order chi connectivity index (χ0) is 15.8. The lowest BCUT2D eigenvalue weighted by molar-refractivity contribution is 0.434. The SMILES string of the molecule is Cc1cc(N)cc(S(=O)(=O)N2CCCS(=O)(=O)CC2)c1C. The summed E-state index contributed by atoms with van der Waals surface area (Å²) in [5, 5.41) is 0. The van der Waals surface area contributed by atoms with Crippen LogP contribution in [0.1, 0.15) is 17.5 Å². The molecule has 2 N–H and O–H groups in total. The van der Waals surface area contributed by atoms with Crippen molar-refractivity contribution in [3.63, 3.8) is 0 Å². The first-order chi connectivity index (χ1) is 9.63. The Bertz CT molecular complexity index is 755. The number of aryl methyl sites for hydroxylation is 1. The molecule has 8 heteroatoms. The van der Waals surface area contributed by atoms with Gasteiger partial charge in [0.05, 0.1) is 16.4 Å². The molecule has 0 unspecified atom stereocenters. The molecule has 1 heterocycles. The van der Waals surface area contributed by atoms with Gasteiger partial charge in [0.2, 0.25) is 10.0 Å². The van der Waals surface area contributed by atoms with Gasteiger partial charge >= 0.3 is 0 Å². The van der Waals surface area contributed by atoms with E-state index in [2.05, 4.69) is 0 Å². The molecule has 118 valence electrons. The molecular formula is C13H20N2O4S2. The molecule has 1 aromatic rings. The van der Waals surface area contributed by atoms with E-state index in [1.54, 1.807) is 19.9 Å². The molecule has 0 atom stereocenters. The monoisotopic (exact) mass is 332 g/mol. The minimum absolute atomic E-state index is 0.00203. The Labute approximate surface area is 125 Å². The predicted molar refractivity (Wildman–Crippen MR) is 82.4 cm³/mol. The second-order valence-corrected chi connectivity index (χ2v) is 9.58. The third-order valence-electron chi connectivity index (χ3n) is 3.77. The number of nitrogens with zero attached hydrogens (tertiary/aromatic N) is 1. The standard InChI is InChI=1S/C13H20N2O4S2/c1-10-8-12(14)9-13(11(10)2)21(18,19)15-4-3-6-20(16,17)7-5-15/h8-9H,3-7,14H2,1-2H3. The van der Waals surface area contributed by atoms with E-state index >= 15 is 0 Å². The van der Waals surface area contributed by atoms with E-state index in [4.69, 9.17) is 5.73 Å². The fourth-order valence-electron chi connectivity index (χ4n) is 2.42. The van der Waals surface area contributed by atoms with Gasteiger partial charge in [-0.25, -0.2) is 16.8 Å². The van der Waals surface area contributed by atoms with Gasteiger partial charge in [-0.3, -0.25) is 0 Å². The molecule has 1 fully saturated rings. The number of benzene rings is 1. The molecule has 0 aromatic heterocycles. The van der Waals surface area contributed by atoms with Gasteiger partial charge in [0.1, 0.15) is 0 Å². The minimum Gasteiger partial charge on any atom is -0.399 e. The van der Waals surface area contributed by atoms with Crippen LogP contribution in [0.4, 0.5) is 5.69 Å². The van der Waals surface area contributed by atoms with E-state index in [0.29, 0.717) is 17.7 Å². The minimum atomic E-state index is -3.72. The second-order valence-electron chi connectivity index (χ2n) is 5.37. The molecule has 0 radical (unpaired) electrons. The lowest BCUT2D eigenvalue weighted by Crippen LogP contribution is -2.34.